The quantitative estimate of drug-likeness (QED) is 0.664. The Labute approximate surface area is 181 Å². The third-order valence-corrected chi connectivity index (χ3v) is 5.97. The fraction of sp³-hybridized carbons (Fsp3) is 0.522. The summed E-state index contributed by atoms with van der Waals surface area (Å²) in [4.78, 5) is 23.0. The second-order valence-corrected chi connectivity index (χ2v) is 8.52. The summed E-state index contributed by atoms with van der Waals surface area (Å²) >= 11 is 0. The van der Waals surface area contributed by atoms with E-state index in [2.05, 4.69) is 9.97 Å². The van der Waals surface area contributed by atoms with Crippen molar-refractivity contribution in [2.75, 3.05) is 36.0 Å². The van der Waals surface area contributed by atoms with Crippen LogP contribution in [0.2, 0.25) is 0 Å². The molecule has 2 fully saturated rings. The zero-order chi connectivity index (χ0) is 22.0. The highest BCUT2D eigenvalue weighted by atomic mass is 19.1. The number of nitrogens with zero attached hydrogens (tertiary/aromatic N) is 4. The molecule has 3 atom stereocenters. The number of halogens is 2. The molecule has 3 heterocycles. The Morgan fingerprint density at radius 2 is 1.77 bits per heavy atom. The maximum Gasteiger partial charge on any atom is 0.208 e. The first kappa shape index (κ1) is 21.5. The molecule has 2 aromatic rings. The number of rotatable bonds is 7. The van der Waals surface area contributed by atoms with E-state index in [-0.39, 0.29) is 36.0 Å². The summed E-state index contributed by atoms with van der Waals surface area (Å²) in [6.45, 7) is 5.40. The molecule has 0 saturated carbocycles. The molecular weight excluding hydrogens is 402 g/mol. The minimum atomic E-state index is -0.945. The van der Waals surface area contributed by atoms with E-state index in [4.69, 9.17) is 4.74 Å². The summed E-state index contributed by atoms with van der Waals surface area (Å²) in [5, 5.41) is 0. The highest BCUT2D eigenvalue weighted by molar-refractivity contribution is 5.76. The van der Waals surface area contributed by atoms with Gasteiger partial charge in [-0.15, -0.1) is 0 Å². The van der Waals surface area contributed by atoms with Gasteiger partial charge in [0.05, 0.1) is 13.1 Å². The normalized spacial score (nSPS) is 22.1. The number of anilines is 2. The second-order valence-electron chi connectivity index (χ2n) is 8.52. The van der Waals surface area contributed by atoms with Gasteiger partial charge in [-0.1, -0.05) is 19.1 Å². The highest BCUT2D eigenvalue weighted by Crippen LogP contribution is 2.30. The van der Waals surface area contributed by atoms with Crippen LogP contribution in [-0.2, 0) is 4.79 Å². The molecule has 31 heavy (non-hydrogen) atoms. The van der Waals surface area contributed by atoms with Crippen LogP contribution in [0, 0.1) is 5.82 Å². The number of carbonyl (C=O) groups excluding carboxylic acids is 1. The molecule has 1 aromatic carbocycles. The van der Waals surface area contributed by atoms with Crippen molar-refractivity contribution in [1.82, 2.24) is 9.97 Å². The second kappa shape index (κ2) is 9.16. The molecule has 0 spiro atoms. The molecule has 8 heteroatoms. The lowest BCUT2D eigenvalue weighted by molar-refractivity contribution is -0.117. The Balaban J connectivity index is 1.38. The number of hydrogen-bond donors (Lipinski definition) is 0. The molecule has 2 saturated heterocycles. The third kappa shape index (κ3) is 4.94. The minimum absolute atomic E-state index is 0.0830. The summed E-state index contributed by atoms with van der Waals surface area (Å²) in [7, 11) is 0. The van der Waals surface area contributed by atoms with Crippen LogP contribution in [0.25, 0.3) is 0 Å². The van der Waals surface area contributed by atoms with Crippen LogP contribution in [-0.4, -0.2) is 54.2 Å². The summed E-state index contributed by atoms with van der Waals surface area (Å²) < 4.78 is 34.7. The van der Waals surface area contributed by atoms with Crippen LogP contribution < -0.4 is 14.5 Å². The highest BCUT2D eigenvalue weighted by Gasteiger charge is 2.31. The molecule has 0 aliphatic carbocycles. The molecule has 4 rings (SSSR count). The van der Waals surface area contributed by atoms with Crippen LogP contribution in [0.3, 0.4) is 0 Å². The Hall–Kier alpha value is -2.77. The van der Waals surface area contributed by atoms with Gasteiger partial charge in [0, 0.05) is 25.9 Å². The van der Waals surface area contributed by atoms with Gasteiger partial charge in [-0.2, -0.15) is 4.39 Å². The Morgan fingerprint density at radius 1 is 1.13 bits per heavy atom. The van der Waals surface area contributed by atoms with E-state index in [0.717, 1.165) is 17.7 Å². The van der Waals surface area contributed by atoms with E-state index in [9.17, 15) is 9.18 Å². The Bertz CT molecular complexity index is 924. The molecule has 1 aromatic heterocycles. The van der Waals surface area contributed by atoms with E-state index < -0.39 is 12.0 Å². The first-order valence-corrected chi connectivity index (χ1v) is 10.8. The van der Waals surface area contributed by atoms with Crippen molar-refractivity contribution in [3.63, 3.8) is 0 Å². The topological polar surface area (TPSA) is 58.6 Å². The largest absolute Gasteiger partial charge is 0.489 e. The molecule has 166 valence electrons. The van der Waals surface area contributed by atoms with Gasteiger partial charge in [-0.05, 0) is 37.0 Å². The van der Waals surface area contributed by atoms with Crippen LogP contribution >= 0.6 is 0 Å². The minimum Gasteiger partial charge on any atom is -0.489 e. The molecule has 0 N–H and O–H groups in total. The lowest BCUT2D eigenvalue weighted by atomic mass is 9.96. The number of hydrogen-bond acceptors (Lipinski definition) is 6. The van der Waals surface area contributed by atoms with Gasteiger partial charge >= 0.3 is 0 Å². The molecular formula is C23H28F2N4O2. The zero-order valence-corrected chi connectivity index (χ0v) is 17.9. The summed E-state index contributed by atoms with van der Waals surface area (Å²) in [6, 6.07) is 7.80. The van der Waals surface area contributed by atoms with E-state index in [0.29, 0.717) is 32.5 Å². The number of Topliss-reactive ketones (excluding diaryl/α,β-unsaturated/α-hetero) is 1. The van der Waals surface area contributed by atoms with Gasteiger partial charge in [-0.25, -0.2) is 14.4 Å². The van der Waals surface area contributed by atoms with Gasteiger partial charge in [0.2, 0.25) is 5.82 Å². The van der Waals surface area contributed by atoms with Crippen molar-refractivity contribution in [2.45, 2.75) is 51.3 Å². The Morgan fingerprint density at radius 3 is 2.39 bits per heavy atom. The van der Waals surface area contributed by atoms with Gasteiger partial charge in [0.25, 0.3) is 0 Å². The maximum atomic E-state index is 15.1. The van der Waals surface area contributed by atoms with Crippen LogP contribution in [0.15, 0.2) is 30.6 Å². The average Bonchev–Trinajstić information content (AvgIpc) is 3.37. The molecule has 0 amide bonds. The molecule has 0 bridgehead atoms. The lowest BCUT2D eigenvalue weighted by Gasteiger charge is -2.22. The standard InChI is InChI=1S/C23H28F2N4O2/c1-15(11-16(2)30)17-3-5-19(6-4-17)31-20-8-10-29(13-20)23-21(25)22(26-14-27-23)28-9-7-18(24)12-28/h3-6,14-15,18,20H,7-13H2,1-2H3/t15-,18-,20-/m1/s1. The Kier molecular flexibility index (Phi) is 6.34. The van der Waals surface area contributed by atoms with Gasteiger partial charge in [0.15, 0.2) is 11.6 Å². The molecule has 0 unspecified atom stereocenters. The number of ketones is 1. The predicted molar refractivity (Wildman–Crippen MR) is 115 cm³/mol. The van der Waals surface area contributed by atoms with Gasteiger partial charge < -0.3 is 19.3 Å². The summed E-state index contributed by atoms with van der Waals surface area (Å²) in [5.74, 6) is 1.01. The zero-order valence-electron chi connectivity index (χ0n) is 17.9. The number of alkyl halides is 1. The van der Waals surface area contributed by atoms with E-state index in [1.54, 1.807) is 11.8 Å². The van der Waals surface area contributed by atoms with E-state index in [1.165, 1.54) is 6.33 Å². The van der Waals surface area contributed by atoms with Crippen molar-refractivity contribution in [3.05, 3.63) is 42.0 Å². The van der Waals surface area contributed by atoms with Crippen molar-refractivity contribution in [3.8, 4) is 5.75 Å². The first-order valence-electron chi connectivity index (χ1n) is 10.8. The number of ether oxygens (including phenoxy) is 1. The van der Waals surface area contributed by atoms with Crippen LogP contribution in [0.4, 0.5) is 20.4 Å². The van der Waals surface area contributed by atoms with Crippen molar-refractivity contribution >= 4 is 17.4 Å². The third-order valence-electron chi connectivity index (χ3n) is 5.97. The van der Waals surface area contributed by atoms with Crippen molar-refractivity contribution in [2.24, 2.45) is 0 Å². The maximum absolute atomic E-state index is 15.1. The molecule has 0 radical (unpaired) electrons. The van der Waals surface area contributed by atoms with Crippen LogP contribution in [0.1, 0.15) is 44.6 Å². The number of carbonyl (C=O) groups is 1. The fourth-order valence-corrected chi connectivity index (χ4v) is 4.34. The van der Waals surface area contributed by atoms with Gasteiger partial charge in [0.1, 0.15) is 30.1 Å². The summed E-state index contributed by atoms with van der Waals surface area (Å²) in [6.07, 6.45) is 1.98. The van der Waals surface area contributed by atoms with Crippen LogP contribution in [0.5, 0.6) is 5.75 Å². The SMILES string of the molecule is CC(=O)C[C@@H](C)c1ccc(O[C@@H]2CCN(c3ncnc(N4CC[C@@H](F)C4)c3F)C2)cc1. The molecule has 6 nitrogen and oxygen atoms in total. The van der Waals surface area contributed by atoms with Crippen molar-refractivity contribution in [1.29, 1.82) is 0 Å². The smallest absolute Gasteiger partial charge is 0.208 e. The number of aromatic nitrogens is 2. The molecule has 2 aliphatic heterocycles. The predicted octanol–water partition coefficient (Wildman–Crippen LogP) is 3.90. The van der Waals surface area contributed by atoms with E-state index in [1.807, 2.05) is 36.1 Å². The monoisotopic (exact) mass is 430 g/mol. The van der Waals surface area contributed by atoms with Gasteiger partial charge in [-0.3, -0.25) is 0 Å². The summed E-state index contributed by atoms with van der Waals surface area (Å²) in [5.41, 5.74) is 1.10. The fourth-order valence-electron chi connectivity index (χ4n) is 4.34. The lowest BCUT2D eigenvalue weighted by Crippen LogP contribution is -2.28. The average molecular weight is 430 g/mol. The number of benzene rings is 1. The van der Waals surface area contributed by atoms with E-state index >= 15 is 4.39 Å². The molecule has 2 aliphatic rings. The first-order chi connectivity index (χ1) is 14.9. The van der Waals surface area contributed by atoms with Crippen molar-refractivity contribution < 1.29 is 18.3 Å².